The Morgan fingerprint density at radius 3 is 2.06 bits per heavy atom. The van der Waals surface area contributed by atoms with Gasteiger partial charge in [-0.3, -0.25) is 9.97 Å². The molecular formula is C23H27N3O4S2. The number of nitrogens with zero attached hydrogens (tertiary/aromatic N) is 3. The van der Waals surface area contributed by atoms with Gasteiger partial charge in [0.15, 0.2) is 9.84 Å². The quantitative estimate of drug-likeness (QED) is 0.472. The highest BCUT2D eigenvalue weighted by molar-refractivity contribution is 7.90. The van der Waals surface area contributed by atoms with E-state index in [0.717, 1.165) is 17.4 Å². The summed E-state index contributed by atoms with van der Waals surface area (Å²) >= 11 is 0. The van der Waals surface area contributed by atoms with Crippen molar-refractivity contribution < 1.29 is 16.8 Å². The first kappa shape index (κ1) is 24.0. The van der Waals surface area contributed by atoms with Crippen molar-refractivity contribution in [3.8, 4) is 11.3 Å². The van der Waals surface area contributed by atoms with Crippen LogP contribution in [-0.4, -0.2) is 43.9 Å². The molecule has 32 heavy (non-hydrogen) atoms. The van der Waals surface area contributed by atoms with Crippen LogP contribution in [0.5, 0.6) is 0 Å². The van der Waals surface area contributed by atoms with Crippen molar-refractivity contribution in [2.75, 3.05) is 12.8 Å². The molecule has 170 valence electrons. The molecule has 0 aliphatic rings. The minimum Gasteiger partial charge on any atom is -0.256 e. The van der Waals surface area contributed by atoms with Gasteiger partial charge in [0.2, 0.25) is 10.0 Å². The molecule has 0 spiro atoms. The summed E-state index contributed by atoms with van der Waals surface area (Å²) in [7, 11) is -6.81. The van der Waals surface area contributed by atoms with Gasteiger partial charge in [-0.05, 0) is 23.6 Å². The van der Waals surface area contributed by atoms with Crippen LogP contribution in [0, 0.1) is 5.92 Å². The zero-order chi connectivity index (χ0) is 23.4. The molecule has 0 atom stereocenters. The smallest absolute Gasteiger partial charge is 0.218 e. The van der Waals surface area contributed by atoms with Gasteiger partial charge in [0.25, 0.3) is 0 Å². The van der Waals surface area contributed by atoms with Crippen LogP contribution in [0.15, 0.2) is 71.9 Å². The normalized spacial score (nSPS) is 12.4. The summed E-state index contributed by atoms with van der Waals surface area (Å²) in [6.07, 6.45) is 4.29. The molecule has 0 saturated carbocycles. The minimum atomic E-state index is -3.54. The lowest BCUT2D eigenvalue weighted by molar-refractivity contribution is 0.358. The second-order valence-electron chi connectivity index (χ2n) is 8.12. The van der Waals surface area contributed by atoms with Crippen LogP contribution >= 0.6 is 0 Å². The van der Waals surface area contributed by atoms with Crippen molar-refractivity contribution in [2.24, 2.45) is 5.92 Å². The first-order chi connectivity index (χ1) is 15.0. The average Bonchev–Trinajstić information content (AvgIpc) is 2.73. The monoisotopic (exact) mass is 473 g/mol. The van der Waals surface area contributed by atoms with Crippen LogP contribution < -0.4 is 0 Å². The lowest BCUT2D eigenvalue weighted by Crippen LogP contribution is -2.35. The number of benzene rings is 2. The Balaban J connectivity index is 1.78. The van der Waals surface area contributed by atoms with Crippen LogP contribution in [0.25, 0.3) is 11.3 Å². The molecule has 0 N–H and O–H groups in total. The molecule has 7 nitrogen and oxygen atoms in total. The Morgan fingerprint density at radius 1 is 0.875 bits per heavy atom. The van der Waals surface area contributed by atoms with Crippen molar-refractivity contribution in [2.45, 2.75) is 31.0 Å². The van der Waals surface area contributed by atoms with E-state index in [1.807, 2.05) is 32.0 Å². The van der Waals surface area contributed by atoms with Gasteiger partial charge in [-0.25, -0.2) is 16.8 Å². The van der Waals surface area contributed by atoms with Crippen LogP contribution in [0.4, 0.5) is 0 Å². The molecule has 3 rings (SSSR count). The van der Waals surface area contributed by atoms with E-state index in [2.05, 4.69) is 9.97 Å². The number of sulfone groups is 1. The van der Waals surface area contributed by atoms with Gasteiger partial charge in [0.1, 0.15) is 0 Å². The number of hydrogen-bond acceptors (Lipinski definition) is 6. The molecule has 0 bridgehead atoms. The second-order valence-corrected chi connectivity index (χ2v) is 12.1. The zero-order valence-electron chi connectivity index (χ0n) is 18.3. The largest absolute Gasteiger partial charge is 0.256 e. The highest BCUT2D eigenvalue weighted by Gasteiger charge is 2.24. The van der Waals surface area contributed by atoms with Crippen molar-refractivity contribution in [1.29, 1.82) is 0 Å². The number of rotatable bonds is 9. The third-order valence-electron chi connectivity index (χ3n) is 4.78. The fraction of sp³-hybridized carbons (Fsp3) is 0.304. The number of aromatic nitrogens is 2. The average molecular weight is 474 g/mol. The molecule has 0 radical (unpaired) electrons. The molecule has 0 fully saturated rings. The summed E-state index contributed by atoms with van der Waals surface area (Å²) in [6, 6.07) is 15.5. The molecule has 0 amide bonds. The van der Waals surface area contributed by atoms with Crippen molar-refractivity contribution in [3.63, 3.8) is 0 Å². The Kier molecular flexibility index (Phi) is 7.43. The third kappa shape index (κ3) is 6.44. The van der Waals surface area contributed by atoms with Crippen LogP contribution in [-0.2, 0) is 32.2 Å². The van der Waals surface area contributed by atoms with E-state index in [0.29, 0.717) is 17.9 Å². The highest BCUT2D eigenvalue weighted by Crippen LogP contribution is 2.20. The lowest BCUT2D eigenvalue weighted by atomic mass is 10.1. The summed E-state index contributed by atoms with van der Waals surface area (Å²) in [5.41, 5.74) is 2.59. The molecule has 9 heteroatoms. The number of hydrogen-bond donors (Lipinski definition) is 0. The Hall–Kier alpha value is -2.62. The van der Waals surface area contributed by atoms with Gasteiger partial charge in [-0.15, -0.1) is 0 Å². The maximum atomic E-state index is 13.1. The molecule has 2 aromatic carbocycles. The molecule has 0 aliphatic carbocycles. The third-order valence-corrected chi connectivity index (χ3v) is 7.67. The van der Waals surface area contributed by atoms with E-state index in [9.17, 15) is 16.8 Å². The van der Waals surface area contributed by atoms with Gasteiger partial charge in [-0.2, -0.15) is 4.31 Å². The maximum Gasteiger partial charge on any atom is 0.218 e. The summed E-state index contributed by atoms with van der Waals surface area (Å²) < 4.78 is 50.8. The van der Waals surface area contributed by atoms with Crippen LogP contribution in [0.2, 0.25) is 0 Å². The van der Waals surface area contributed by atoms with Gasteiger partial charge >= 0.3 is 0 Å². The lowest BCUT2D eigenvalue weighted by Gasteiger charge is -2.23. The SMILES string of the molecule is CC(C)CN(Cc1cnc(-c2ccc(S(C)(=O)=O)cc2)cn1)S(=O)(=O)Cc1ccccc1. The standard InChI is InChI=1S/C23H27N3O4S2/c1-18(2)15-26(32(29,30)17-19-7-5-4-6-8-19)16-21-13-25-23(14-24-21)20-9-11-22(12-10-20)31(3,27)28/h4-14,18H,15-17H2,1-3H3. The highest BCUT2D eigenvalue weighted by atomic mass is 32.2. The summed E-state index contributed by atoms with van der Waals surface area (Å²) in [4.78, 5) is 9.05. The fourth-order valence-corrected chi connectivity index (χ4v) is 5.48. The molecule has 0 aliphatic heterocycles. The fourth-order valence-electron chi connectivity index (χ4n) is 3.20. The molecule has 1 heterocycles. The Bertz CT molecular complexity index is 1240. The predicted octanol–water partition coefficient (Wildman–Crippen LogP) is 3.54. The van der Waals surface area contributed by atoms with E-state index in [1.54, 1.807) is 36.7 Å². The minimum absolute atomic E-state index is 0.0707. The van der Waals surface area contributed by atoms with Gasteiger partial charge < -0.3 is 0 Å². The second kappa shape index (κ2) is 9.89. The van der Waals surface area contributed by atoms with Crippen molar-refractivity contribution in [3.05, 3.63) is 78.2 Å². The van der Waals surface area contributed by atoms with Crippen LogP contribution in [0.3, 0.4) is 0 Å². The van der Waals surface area contributed by atoms with Gasteiger partial charge in [0, 0.05) is 18.4 Å². The maximum absolute atomic E-state index is 13.1. The van der Waals surface area contributed by atoms with E-state index in [1.165, 1.54) is 16.4 Å². The van der Waals surface area contributed by atoms with Gasteiger partial charge in [-0.1, -0.05) is 56.3 Å². The zero-order valence-corrected chi connectivity index (χ0v) is 20.0. The van der Waals surface area contributed by atoms with Crippen molar-refractivity contribution in [1.82, 2.24) is 14.3 Å². The molecular weight excluding hydrogens is 446 g/mol. The van der Waals surface area contributed by atoms with Crippen LogP contribution in [0.1, 0.15) is 25.1 Å². The molecule has 0 unspecified atom stereocenters. The Morgan fingerprint density at radius 2 is 1.53 bits per heavy atom. The van der Waals surface area contributed by atoms with E-state index in [-0.39, 0.29) is 23.1 Å². The van der Waals surface area contributed by atoms with Gasteiger partial charge in [0.05, 0.1) is 41.0 Å². The molecule has 0 saturated heterocycles. The topological polar surface area (TPSA) is 97.3 Å². The number of sulfonamides is 1. The summed E-state index contributed by atoms with van der Waals surface area (Å²) in [5.74, 6) is 0.0832. The summed E-state index contributed by atoms with van der Waals surface area (Å²) in [5, 5.41) is 0. The first-order valence-electron chi connectivity index (χ1n) is 10.2. The molecule has 1 aromatic heterocycles. The molecule has 3 aromatic rings. The predicted molar refractivity (Wildman–Crippen MR) is 125 cm³/mol. The van der Waals surface area contributed by atoms with E-state index >= 15 is 0 Å². The Labute approximate surface area is 190 Å². The summed E-state index contributed by atoms with van der Waals surface area (Å²) in [6.45, 7) is 4.46. The van der Waals surface area contributed by atoms with E-state index < -0.39 is 19.9 Å². The first-order valence-corrected chi connectivity index (χ1v) is 13.7. The van der Waals surface area contributed by atoms with E-state index in [4.69, 9.17) is 0 Å². The van der Waals surface area contributed by atoms with Crippen molar-refractivity contribution >= 4 is 19.9 Å².